The lowest BCUT2D eigenvalue weighted by Gasteiger charge is -2.20. The van der Waals surface area contributed by atoms with Crippen molar-refractivity contribution >= 4 is 0 Å². The molecule has 0 aliphatic rings. The molecule has 0 aliphatic carbocycles. The van der Waals surface area contributed by atoms with Gasteiger partial charge < -0.3 is 14.6 Å². The van der Waals surface area contributed by atoms with E-state index >= 15 is 0 Å². The van der Waals surface area contributed by atoms with Crippen LogP contribution in [0, 0.1) is 0 Å². The number of ether oxygens (including phenoxy) is 2. The Morgan fingerprint density at radius 3 is 2.36 bits per heavy atom. The first kappa shape index (κ1) is 10.9. The molecule has 3 nitrogen and oxygen atoms in total. The van der Waals surface area contributed by atoms with E-state index in [0.29, 0.717) is 13.2 Å². The molecule has 0 amide bonds. The zero-order valence-electron chi connectivity index (χ0n) is 7.54. The van der Waals surface area contributed by atoms with Crippen molar-refractivity contribution in [2.24, 2.45) is 0 Å². The lowest BCUT2D eigenvalue weighted by atomic mass is 10.1. The van der Waals surface area contributed by atoms with Gasteiger partial charge in [0.15, 0.2) is 0 Å². The van der Waals surface area contributed by atoms with Gasteiger partial charge in [-0.2, -0.15) is 0 Å². The van der Waals surface area contributed by atoms with Crippen molar-refractivity contribution in [3.05, 3.63) is 0 Å². The van der Waals surface area contributed by atoms with E-state index in [0.717, 1.165) is 6.42 Å². The van der Waals surface area contributed by atoms with Crippen molar-refractivity contribution < 1.29 is 14.6 Å². The molecular formula is C8H18O3. The van der Waals surface area contributed by atoms with Crippen LogP contribution in [0.3, 0.4) is 0 Å². The molecule has 0 rings (SSSR count). The van der Waals surface area contributed by atoms with Crippen LogP contribution in [0.5, 0.6) is 0 Å². The van der Waals surface area contributed by atoms with Crippen molar-refractivity contribution in [1.82, 2.24) is 0 Å². The average Bonchev–Trinajstić information content (AvgIpc) is 2.00. The first-order valence-corrected chi connectivity index (χ1v) is 4.04. The molecule has 1 N–H and O–H groups in total. The SMILES string of the molecule is CCOC(CC)C(O)COC. The molecule has 0 spiro atoms. The van der Waals surface area contributed by atoms with Gasteiger partial charge in [-0.3, -0.25) is 0 Å². The average molecular weight is 162 g/mol. The van der Waals surface area contributed by atoms with Crippen molar-refractivity contribution in [2.45, 2.75) is 32.5 Å². The summed E-state index contributed by atoms with van der Waals surface area (Å²) >= 11 is 0. The molecule has 0 fully saturated rings. The summed E-state index contributed by atoms with van der Waals surface area (Å²) in [4.78, 5) is 0. The number of aliphatic hydroxyl groups excluding tert-OH is 1. The van der Waals surface area contributed by atoms with Crippen LogP contribution in [0.1, 0.15) is 20.3 Å². The molecule has 0 heterocycles. The third kappa shape index (κ3) is 4.35. The summed E-state index contributed by atoms with van der Waals surface area (Å²) in [5, 5.41) is 9.39. The Labute approximate surface area is 68.3 Å². The predicted molar refractivity (Wildman–Crippen MR) is 43.6 cm³/mol. The summed E-state index contributed by atoms with van der Waals surface area (Å²) in [6.45, 7) is 4.89. The van der Waals surface area contributed by atoms with E-state index < -0.39 is 6.10 Å². The van der Waals surface area contributed by atoms with Crippen molar-refractivity contribution in [3.8, 4) is 0 Å². The molecule has 0 aliphatic heterocycles. The van der Waals surface area contributed by atoms with Gasteiger partial charge in [0, 0.05) is 13.7 Å². The van der Waals surface area contributed by atoms with Crippen LogP contribution in [0.25, 0.3) is 0 Å². The molecule has 0 radical (unpaired) electrons. The number of hydrogen-bond donors (Lipinski definition) is 1. The van der Waals surface area contributed by atoms with Gasteiger partial charge in [0.2, 0.25) is 0 Å². The maximum absolute atomic E-state index is 9.39. The molecule has 3 heteroatoms. The van der Waals surface area contributed by atoms with Gasteiger partial charge in [-0.05, 0) is 13.3 Å². The van der Waals surface area contributed by atoms with Crippen LogP contribution < -0.4 is 0 Å². The third-order valence-electron chi connectivity index (χ3n) is 1.55. The number of aliphatic hydroxyl groups is 1. The smallest absolute Gasteiger partial charge is 0.103 e. The van der Waals surface area contributed by atoms with E-state index in [1.165, 1.54) is 0 Å². The van der Waals surface area contributed by atoms with E-state index in [4.69, 9.17) is 9.47 Å². The van der Waals surface area contributed by atoms with Crippen LogP contribution in [-0.4, -0.2) is 37.6 Å². The standard InChI is InChI=1S/C8H18O3/c1-4-8(11-5-2)7(9)6-10-3/h7-9H,4-6H2,1-3H3. The molecule has 0 saturated heterocycles. The Balaban J connectivity index is 3.61. The van der Waals surface area contributed by atoms with E-state index in [1.807, 2.05) is 13.8 Å². The first-order valence-electron chi connectivity index (χ1n) is 4.04. The topological polar surface area (TPSA) is 38.7 Å². The lowest BCUT2D eigenvalue weighted by molar-refractivity contribution is -0.0624. The fraction of sp³-hybridized carbons (Fsp3) is 1.00. The molecule has 0 bridgehead atoms. The Kier molecular flexibility index (Phi) is 6.51. The minimum absolute atomic E-state index is 0.0834. The maximum atomic E-state index is 9.39. The van der Waals surface area contributed by atoms with E-state index in [1.54, 1.807) is 7.11 Å². The van der Waals surface area contributed by atoms with Gasteiger partial charge in [0.25, 0.3) is 0 Å². The fourth-order valence-electron chi connectivity index (χ4n) is 0.993. The van der Waals surface area contributed by atoms with Gasteiger partial charge in [-0.25, -0.2) is 0 Å². The zero-order chi connectivity index (χ0) is 8.69. The summed E-state index contributed by atoms with van der Waals surface area (Å²) in [5.74, 6) is 0. The summed E-state index contributed by atoms with van der Waals surface area (Å²) < 4.78 is 10.1. The molecule has 11 heavy (non-hydrogen) atoms. The highest BCUT2D eigenvalue weighted by Gasteiger charge is 2.16. The van der Waals surface area contributed by atoms with E-state index in [9.17, 15) is 5.11 Å². The second-order valence-electron chi connectivity index (χ2n) is 2.42. The Hall–Kier alpha value is -0.120. The molecule has 0 saturated carbocycles. The molecule has 68 valence electrons. The van der Waals surface area contributed by atoms with Gasteiger partial charge in [-0.15, -0.1) is 0 Å². The van der Waals surface area contributed by atoms with Crippen LogP contribution in [0.2, 0.25) is 0 Å². The molecule has 2 unspecified atom stereocenters. The number of hydrogen-bond acceptors (Lipinski definition) is 3. The van der Waals surface area contributed by atoms with Crippen LogP contribution in [0.4, 0.5) is 0 Å². The first-order chi connectivity index (χ1) is 5.26. The molecule has 0 aromatic heterocycles. The summed E-state index contributed by atoms with van der Waals surface area (Å²) in [7, 11) is 1.57. The van der Waals surface area contributed by atoms with E-state index in [-0.39, 0.29) is 6.10 Å². The Morgan fingerprint density at radius 2 is 2.00 bits per heavy atom. The third-order valence-corrected chi connectivity index (χ3v) is 1.55. The number of methoxy groups -OCH3 is 1. The van der Waals surface area contributed by atoms with Gasteiger partial charge in [-0.1, -0.05) is 6.92 Å². The minimum atomic E-state index is -0.495. The van der Waals surface area contributed by atoms with Gasteiger partial charge in [0.05, 0.1) is 12.7 Å². The van der Waals surface area contributed by atoms with Crippen LogP contribution in [-0.2, 0) is 9.47 Å². The highest BCUT2D eigenvalue weighted by Crippen LogP contribution is 2.04. The fourth-order valence-corrected chi connectivity index (χ4v) is 0.993. The second kappa shape index (κ2) is 6.58. The Morgan fingerprint density at radius 1 is 1.36 bits per heavy atom. The van der Waals surface area contributed by atoms with Crippen LogP contribution >= 0.6 is 0 Å². The zero-order valence-corrected chi connectivity index (χ0v) is 7.54. The largest absolute Gasteiger partial charge is 0.388 e. The Bertz CT molecular complexity index is 85.4. The van der Waals surface area contributed by atoms with Crippen molar-refractivity contribution in [2.75, 3.05) is 20.3 Å². The van der Waals surface area contributed by atoms with Crippen LogP contribution in [0.15, 0.2) is 0 Å². The minimum Gasteiger partial charge on any atom is -0.388 e. The molecule has 0 aromatic rings. The second-order valence-corrected chi connectivity index (χ2v) is 2.42. The highest BCUT2D eigenvalue weighted by atomic mass is 16.5. The maximum Gasteiger partial charge on any atom is 0.103 e. The molecular weight excluding hydrogens is 144 g/mol. The van der Waals surface area contributed by atoms with Crippen molar-refractivity contribution in [1.29, 1.82) is 0 Å². The summed E-state index contributed by atoms with van der Waals surface area (Å²) in [6.07, 6.45) is 0.239. The normalized spacial score (nSPS) is 16.4. The quantitative estimate of drug-likeness (QED) is 0.628. The molecule has 0 aromatic carbocycles. The van der Waals surface area contributed by atoms with Crippen molar-refractivity contribution in [3.63, 3.8) is 0 Å². The summed E-state index contributed by atoms with van der Waals surface area (Å²) in [5.41, 5.74) is 0. The number of rotatable bonds is 6. The van der Waals surface area contributed by atoms with Gasteiger partial charge in [0.1, 0.15) is 6.10 Å². The van der Waals surface area contributed by atoms with E-state index in [2.05, 4.69) is 0 Å². The summed E-state index contributed by atoms with van der Waals surface area (Å²) in [6, 6.07) is 0. The van der Waals surface area contributed by atoms with Gasteiger partial charge >= 0.3 is 0 Å². The highest BCUT2D eigenvalue weighted by molar-refractivity contribution is 4.66. The predicted octanol–water partition coefficient (Wildman–Crippen LogP) is 0.809. The molecule has 2 atom stereocenters. The monoisotopic (exact) mass is 162 g/mol. The lowest BCUT2D eigenvalue weighted by Crippen LogP contribution is -2.32.